The minimum Gasteiger partial charge on any atom is -0.440 e. The predicted octanol–water partition coefficient (Wildman–Crippen LogP) is 2.54. The van der Waals surface area contributed by atoms with E-state index in [1.807, 2.05) is 24.3 Å². The van der Waals surface area contributed by atoms with Crippen LogP contribution in [0.1, 0.15) is 35.0 Å². The van der Waals surface area contributed by atoms with Gasteiger partial charge in [0, 0.05) is 19.3 Å². The molecule has 1 aromatic carbocycles. The van der Waals surface area contributed by atoms with Crippen molar-refractivity contribution < 1.29 is 9.21 Å². The number of benzene rings is 1. The van der Waals surface area contributed by atoms with E-state index in [0.29, 0.717) is 19.0 Å². The van der Waals surface area contributed by atoms with Crippen molar-refractivity contribution in [3.05, 3.63) is 64.4 Å². The van der Waals surface area contributed by atoms with Gasteiger partial charge < -0.3 is 14.3 Å². The van der Waals surface area contributed by atoms with Crippen molar-refractivity contribution >= 4 is 17.0 Å². The van der Waals surface area contributed by atoms with Crippen LogP contribution in [0.4, 0.5) is 0 Å². The number of rotatable bonds is 2. The Kier molecular flexibility index (Phi) is 3.65. The molecule has 6 heteroatoms. The number of carbonyl (C=O) groups is 1. The lowest BCUT2D eigenvalue weighted by atomic mass is 9.97. The molecule has 0 radical (unpaired) electrons. The first-order valence-corrected chi connectivity index (χ1v) is 8.05. The number of aromatic nitrogens is 2. The standard InChI is InChI=1S/C18H17N3O3/c22-16-13(6-3-9-19-16)18(23)21-10-4-5-12(11-21)17-20-14-7-1-2-8-15(14)24-17/h1-3,6-9,12H,4-5,10-11H2,(H,19,22)/t12-/m0/s1. The molecule has 0 spiro atoms. The first-order chi connectivity index (χ1) is 11.7. The molecule has 6 nitrogen and oxygen atoms in total. The summed E-state index contributed by atoms with van der Waals surface area (Å²) in [5, 5.41) is 0. The highest BCUT2D eigenvalue weighted by Crippen LogP contribution is 2.29. The fourth-order valence-corrected chi connectivity index (χ4v) is 3.19. The van der Waals surface area contributed by atoms with Crippen LogP contribution in [0.3, 0.4) is 0 Å². The van der Waals surface area contributed by atoms with Gasteiger partial charge in [-0.1, -0.05) is 12.1 Å². The highest BCUT2D eigenvalue weighted by Gasteiger charge is 2.29. The van der Waals surface area contributed by atoms with E-state index in [2.05, 4.69) is 9.97 Å². The SMILES string of the molecule is O=C(c1ccc[nH]c1=O)N1CCC[C@H](c2nc3ccccc3o2)C1. The van der Waals surface area contributed by atoms with Gasteiger partial charge in [0.25, 0.3) is 11.5 Å². The Bertz CT molecular complexity index is 911. The van der Waals surface area contributed by atoms with Gasteiger partial charge in [-0.2, -0.15) is 0 Å². The summed E-state index contributed by atoms with van der Waals surface area (Å²) in [4.78, 5) is 33.3. The number of hydrogen-bond donors (Lipinski definition) is 1. The van der Waals surface area contributed by atoms with Crippen LogP contribution in [0, 0.1) is 0 Å². The number of piperidine rings is 1. The normalized spacial score (nSPS) is 18.0. The van der Waals surface area contributed by atoms with Gasteiger partial charge in [0.05, 0.1) is 5.92 Å². The molecule has 0 saturated carbocycles. The molecule has 2 aromatic heterocycles. The Morgan fingerprint density at radius 2 is 2.12 bits per heavy atom. The van der Waals surface area contributed by atoms with E-state index in [1.165, 1.54) is 6.20 Å². The molecule has 1 aliphatic rings. The molecule has 1 saturated heterocycles. The third-order valence-electron chi connectivity index (χ3n) is 4.42. The molecule has 3 heterocycles. The summed E-state index contributed by atoms with van der Waals surface area (Å²) >= 11 is 0. The molecule has 1 amide bonds. The number of hydrogen-bond acceptors (Lipinski definition) is 4. The van der Waals surface area contributed by atoms with E-state index < -0.39 is 0 Å². The maximum absolute atomic E-state index is 12.6. The number of likely N-dealkylation sites (tertiary alicyclic amines) is 1. The molecular weight excluding hydrogens is 306 g/mol. The fourth-order valence-electron chi connectivity index (χ4n) is 3.19. The molecule has 1 atom stereocenters. The number of oxazole rings is 1. The number of pyridine rings is 1. The second-order valence-corrected chi connectivity index (χ2v) is 6.02. The lowest BCUT2D eigenvalue weighted by Gasteiger charge is -2.31. The lowest BCUT2D eigenvalue weighted by molar-refractivity contribution is 0.0697. The average Bonchev–Trinajstić information content (AvgIpc) is 3.06. The highest BCUT2D eigenvalue weighted by atomic mass is 16.3. The smallest absolute Gasteiger partial charge is 0.260 e. The van der Waals surface area contributed by atoms with Crippen LogP contribution >= 0.6 is 0 Å². The first-order valence-electron chi connectivity index (χ1n) is 8.05. The van der Waals surface area contributed by atoms with E-state index in [9.17, 15) is 9.59 Å². The van der Waals surface area contributed by atoms with Crippen molar-refractivity contribution in [3.63, 3.8) is 0 Å². The summed E-state index contributed by atoms with van der Waals surface area (Å²) in [7, 11) is 0. The Balaban J connectivity index is 1.58. The summed E-state index contributed by atoms with van der Waals surface area (Å²) in [6.07, 6.45) is 3.30. The molecule has 1 aliphatic heterocycles. The van der Waals surface area contributed by atoms with Crippen molar-refractivity contribution in [2.24, 2.45) is 0 Å². The Labute approximate surface area is 138 Å². The third kappa shape index (κ3) is 2.60. The summed E-state index contributed by atoms with van der Waals surface area (Å²) < 4.78 is 5.85. The number of carbonyl (C=O) groups excluding carboxylic acids is 1. The van der Waals surface area contributed by atoms with Crippen LogP contribution in [0.5, 0.6) is 0 Å². The molecule has 24 heavy (non-hydrogen) atoms. The van der Waals surface area contributed by atoms with E-state index in [1.54, 1.807) is 17.0 Å². The number of aromatic amines is 1. The van der Waals surface area contributed by atoms with Crippen molar-refractivity contribution in [1.82, 2.24) is 14.9 Å². The van der Waals surface area contributed by atoms with Gasteiger partial charge in [0.1, 0.15) is 11.1 Å². The zero-order valence-electron chi connectivity index (χ0n) is 13.1. The van der Waals surface area contributed by atoms with Crippen LogP contribution < -0.4 is 5.56 Å². The van der Waals surface area contributed by atoms with Crippen LogP contribution in [0.2, 0.25) is 0 Å². The highest BCUT2D eigenvalue weighted by molar-refractivity contribution is 5.93. The molecule has 3 aromatic rings. The van der Waals surface area contributed by atoms with Gasteiger partial charge in [0.2, 0.25) is 0 Å². The minimum absolute atomic E-state index is 0.0536. The van der Waals surface area contributed by atoms with E-state index in [4.69, 9.17) is 4.42 Å². The summed E-state index contributed by atoms with van der Waals surface area (Å²) in [5.74, 6) is 0.478. The van der Waals surface area contributed by atoms with Crippen molar-refractivity contribution in [1.29, 1.82) is 0 Å². The molecule has 1 N–H and O–H groups in total. The molecule has 0 aliphatic carbocycles. The van der Waals surface area contributed by atoms with Crippen LogP contribution in [-0.4, -0.2) is 33.9 Å². The Hall–Kier alpha value is -2.89. The third-order valence-corrected chi connectivity index (χ3v) is 4.42. The summed E-state index contributed by atoms with van der Waals surface area (Å²) in [5.41, 5.74) is 1.41. The number of fused-ring (bicyclic) bond motifs is 1. The molecule has 0 unspecified atom stereocenters. The van der Waals surface area contributed by atoms with Gasteiger partial charge >= 0.3 is 0 Å². The fraction of sp³-hybridized carbons (Fsp3) is 0.278. The predicted molar refractivity (Wildman–Crippen MR) is 89.0 cm³/mol. The van der Waals surface area contributed by atoms with Crippen LogP contribution in [0.25, 0.3) is 11.1 Å². The zero-order chi connectivity index (χ0) is 16.5. The van der Waals surface area contributed by atoms with Gasteiger partial charge in [-0.05, 0) is 37.1 Å². The van der Waals surface area contributed by atoms with Gasteiger partial charge in [-0.15, -0.1) is 0 Å². The van der Waals surface area contributed by atoms with E-state index in [0.717, 1.165) is 23.9 Å². The maximum atomic E-state index is 12.6. The van der Waals surface area contributed by atoms with Gasteiger partial charge in [0.15, 0.2) is 11.5 Å². The zero-order valence-corrected chi connectivity index (χ0v) is 13.1. The van der Waals surface area contributed by atoms with Crippen molar-refractivity contribution in [2.45, 2.75) is 18.8 Å². The average molecular weight is 323 g/mol. The number of amides is 1. The number of H-pyrrole nitrogens is 1. The molecule has 122 valence electrons. The van der Waals surface area contributed by atoms with E-state index >= 15 is 0 Å². The number of nitrogens with one attached hydrogen (secondary N) is 1. The summed E-state index contributed by atoms with van der Waals surface area (Å²) in [6, 6.07) is 10.9. The molecule has 4 rings (SSSR count). The molecular formula is C18H17N3O3. The van der Waals surface area contributed by atoms with Crippen molar-refractivity contribution in [3.8, 4) is 0 Å². The summed E-state index contributed by atoms with van der Waals surface area (Å²) in [6.45, 7) is 1.16. The topological polar surface area (TPSA) is 79.2 Å². The number of nitrogens with zero attached hydrogens (tertiary/aromatic N) is 2. The molecule has 1 fully saturated rings. The van der Waals surface area contributed by atoms with Gasteiger partial charge in [-0.3, -0.25) is 9.59 Å². The lowest BCUT2D eigenvalue weighted by Crippen LogP contribution is -2.41. The quantitative estimate of drug-likeness (QED) is 0.786. The van der Waals surface area contributed by atoms with Gasteiger partial charge in [-0.25, -0.2) is 4.98 Å². The minimum atomic E-state index is -0.355. The maximum Gasteiger partial charge on any atom is 0.260 e. The Morgan fingerprint density at radius 3 is 2.96 bits per heavy atom. The second-order valence-electron chi connectivity index (χ2n) is 6.02. The largest absolute Gasteiger partial charge is 0.440 e. The van der Waals surface area contributed by atoms with E-state index in [-0.39, 0.29) is 22.9 Å². The monoisotopic (exact) mass is 323 g/mol. The number of para-hydroxylation sites is 2. The Morgan fingerprint density at radius 1 is 1.25 bits per heavy atom. The van der Waals surface area contributed by atoms with Crippen LogP contribution in [0.15, 0.2) is 51.8 Å². The molecule has 0 bridgehead atoms. The first kappa shape index (κ1) is 14.7. The van der Waals surface area contributed by atoms with Crippen LogP contribution in [-0.2, 0) is 0 Å². The van der Waals surface area contributed by atoms with Crippen molar-refractivity contribution in [2.75, 3.05) is 13.1 Å². The second kappa shape index (κ2) is 5.96.